The third-order valence-corrected chi connectivity index (χ3v) is 5.98. The van der Waals surface area contributed by atoms with Crippen LogP contribution >= 0.6 is 11.3 Å². The number of aryl methyl sites for hydroxylation is 2. The molecule has 8 heteroatoms. The summed E-state index contributed by atoms with van der Waals surface area (Å²) in [4.78, 5) is 20.6. The largest absolute Gasteiger partial charge is 0.378 e. The highest BCUT2D eigenvalue weighted by Gasteiger charge is 2.19. The Balaban J connectivity index is 1.78. The van der Waals surface area contributed by atoms with Gasteiger partial charge in [0.15, 0.2) is 5.13 Å². The average molecular weight is 420 g/mol. The molecule has 0 atom stereocenters. The van der Waals surface area contributed by atoms with E-state index in [1.807, 2.05) is 36.4 Å². The molecule has 3 heterocycles. The van der Waals surface area contributed by atoms with E-state index in [2.05, 4.69) is 10.0 Å². The molecule has 1 fully saturated rings. The van der Waals surface area contributed by atoms with E-state index < -0.39 is 5.56 Å². The van der Waals surface area contributed by atoms with Gasteiger partial charge in [-0.15, -0.1) is 0 Å². The fraction of sp³-hybridized carbons (Fsp3) is 0.273. The summed E-state index contributed by atoms with van der Waals surface area (Å²) < 4.78 is 6.72. The van der Waals surface area contributed by atoms with Gasteiger partial charge in [0.2, 0.25) is 0 Å². The fourth-order valence-electron chi connectivity index (χ4n) is 3.37. The van der Waals surface area contributed by atoms with Crippen molar-refractivity contribution in [3.63, 3.8) is 0 Å². The van der Waals surface area contributed by atoms with E-state index in [0.29, 0.717) is 24.5 Å². The molecule has 2 aromatic heterocycles. The SMILES string of the molecule is Cc1cc(C)n(N=Cc2sc(N3CCOCC3)nc2-c2ccccc2)c(=O)c1C#N. The van der Waals surface area contributed by atoms with Crippen molar-refractivity contribution in [3.8, 4) is 17.3 Å². The average Bonchev–Trinajstić information content (AvgIpc) is 3.19. The molecule has 1 saturated heterocycles. The molecular weight excluding hydrogens is 398 g/mol. The Morgan fingerprint density at radius 1 is 1.23 bits per heavy atom. The minimum Gasteiger partial charge on any atom is -0.378 e. The van der Waals surface area contributed by atoms with Crippen LogP contribution in [0.3, 0.4) is 0 Å². The van der Waals surface area contributed by atoms with E-state index in [0.717, 1.165) is 34.4 Å². The monoisotopic (exact) mass is 419 g/mol. The number of morpholine rings is 1. The first-order valence-corrected chi connectivity index (χ1v) is 10.5. The first-order valence-electron chi connectivity index (χ1n) is 9.65. The lowest BCUT2D eigenvalue weighted by Crippen LogP contribution is -2.36. The van der Waals surface area contributed by atoms with E-state index in [1.54, 1.807) is 26.1 Å². The highest BCUT2D eigenvalue weighted by Crippen LogP contribution is 2.32. The Morgan fingerprint density at radius 2 is 1.97 bits per heavy atom. The van der Waals surface area contributed by atoms with Crippen molar-refractivity contribution < 1.29 is 4.74 Å². The van der Waals surface area contributed by atoms with Crippen LogP contribution in [0.15, 0.2) is 46.3 Å². The van der Waals surface area contributed by atoms with Crippen LogP contribution in [0.25, 0.3) is 11.3 Å². The van der Waals surface area contributed by atoms with Crippen LogP contribution < -0.4 is 10.5 Å². The second-order valence-corrected chi connectivity index (χ2v) is 8.00. The number of nitrogens with zero attached hydrogens (tertiary/aromatic N) is 5. The number of aromatic nitrogens is 2. The third-order valence-electron chi connectivity index (χ3n) is 4.93. The predicted octanol–water partition coefficient (Wildman–Crippen LogP) is 3.18. The number of nitriles is 1. The maximum atomic E-state index is 12.7. The molecule has 152 valence electrons. The van der Waals surface area contributed by atoms with Crippen molar-refractivity contribution in [1.82, 2.24) is 9.66 Å². The molecule has 0 amide bonds. The third kappa shape index (κ3) is 3.90. The van der Waals surface area contributed by atoms with E-state index in [-0.39, 0.29) is 5.56 Å². The summed E-state index contributed by atoms with van der Waals surface area (Å²) in [5.41, 5.74) is 2.84. The van der Waals surface area contributed by atoms with Crippen LogP contribution in [0.2, 0.25) is 0 Å². The van der Waals surface area contributed by atoms with Crippen LogP contribution in [0, 0.1) is 25.2 Å². The fourth-order valence-corrected chi connectivity index (χ4v) is 4.38. The van der Waals surface area contributed by atoms with Crippen molar-refractivity contribution in [3.05, 3.63) is 68.4 Å². The Kier molecular flexibility index (Phi) is 5.74. The highest BCUT2D eigenvalue weighted by molar-refractivity contribution is 7.17. The van der Waals surface area contributed by atoms with Crippen molar-refractivity contribution in [2.45, 2.75) is 13.8 Å². The minimum atomic E-state index is -0.412. The number of anilines is 1. The molecule has 1 aromatic carbocycles. The van der Waals surface area contributed by atoms with Crippen LogP contribution in [0.5, 0.6) is 0 Å². The van der Waals surface area contributed by atoms with E-state index in [1.165, 1.54) is 16.0 Å². The van der Waals surface area contributed by atoms with Crippen molar-refractivity contribution >= 4 is 22.7 Å². The van der Waals surface area contributed by atoms with Gasteiger partial charge in [-0.05, 0) is 25.5 Å². The molecule has 4 rings (SSSR count). The zero-order valence-electron chi connectivity index (χ0n) is 16.8. The Labute approximate surface area is 178 Å². The summed E-state index contributed by atoms with van der Waals surface area (Å²) in [5, 5.41) is 14.6. The molecule has 30 heavy (non-hydrogen) atoms. The molecule has 7 nitrogen and oxygen atoms in total. The second kappa shape index (κ2) is 8.61. The van der Waals surface area contributed by atoms with Crippen molar-refractivity contribution in [1.29, 1.82) is 5.26 Å². The Bertz CT molecular complexity index is 1180. The lowest BCUT2D eigenvalue weighted by atomic mass is 10.1. The topological polar surface area (TPSA) is 83.5 Å². The molecule has 0 radical (unpaired) electrons. The van der Waals surface area contributed by atoms with Crippen LogP contribution in [-0.2, 0) is 4.74 Å². The van der Waals surface area contributed by atoms with Crippen molar-refractivity contribution in [2.75, 3.05) is 31.2 Å². The predicted molar refractivity (Wildman–Crippen MR) is 118 cm³/mol. The zero-order valence-corrected chi connectivity index (χ0v) is 17.6. The molecule has 0 saturated carbocycles. The standard InChI is InChI=1S/C22H21N5O2S/c1-15-12-16(2)27(21(28)18(15)13-23)24-14-19-20(17-6-4-3-5-7-17)25-22(30-19)26-8-10-29-11-9-26/h3-7,12,14H,8-11H2,1-2H3. The molecule has 0 unspecified atom stereocenters. The van der Waals surface area contributed by atoms with Gasteiger partial charge in [0.1, 0.15) is 11.6 Å². The lowest BCUT2D eigenvalue weighted by molar-refractivity contribution is 0.122. The molecule has 0 N–H and O–H groups in total. The van der Waals surface area contributed by atoms with Gasteiger partial charge < -0.3 is 9.64 Å². The summed E-state index contributed by atoms with van der Waals surface area (Å²) in [5.74, 6) is 0. The molecule has 0 spiro atoms. The van der Waals surface area contributed by atoms with E-state index >= 15 is 0 Å². The van der Waals surface area contributed by atoms with Gasteiger partial charge in [0.05, 0.1) is 30.0 Å². The molecular formula is C22H21N5O2S. The van der Waals surface area contributed by atoms with Crippen LogP contribution in [-0.4, -0.2) is 42.2 Å². The normalized spacial score (nSPS) is 14.2. The molecule has 3 aromatic rings. The smallest absolute Gasteiger partial charge is 0.289 e. The Morgan fingerprint density at radius 3 is 2.67 bits per heavy atom. The maximum Gasteiger partial charge on any atom is 0.289 e. The summed E-state index contributed by atoms with van der Waals surface area (Å²) >= 11 is 1.53. The summed E-state index contributed by atoms with van der Waals surface area (Å²) in [6.07, 6.45) is 1.66. The van der Waals surface area contributed by atoms with Gasteiger partial charge in [-0.2, -0.15) is 10.4 Å². The van der Waals surface area contributed by atoms with Gasteiger partial charge >= 0.3 is 0 Å². The molecule has 1 aliphatic rings. The number of ether oxygens (including phenoxy) is 1. The lowest BCUT2D eigenvalue weighted by Gasteiger charge is -2.26. The number of pyridine rings is 1. The van der Waals surface area contributed by atoms with Gasteiger partial charge in [-0.3, -0.25) is 4.79 Å². The summed E-state index contributed by atoms with van der Waals surface area (Å²) in [7, 11) is 0. The van der Waals surface area contributed by atoms with Gasteiger partial charge in [0.25, 0.3) is 5.56 Å². The van der Waals surface area contributed by atoms with E-state index in [9.17, 15) is 10.1 Å². The molecule has 0 bridgehead atoms. The molecule has 1 aliphatic heterocycles. The number of hydrogen-bond acceptors (Lipinski definition) is 7. The van der Waals surface area contributed by atoms with Gasteiger partial charge in [0, 0.05) is 24.3 Å². The van der Waals surface area contributed by atoms with Crippen LogP contribution in [0.4, 0.5) is 5.13 Å². The molecule has 0 aliphatic carbocycles. The summed E-state index contributed by atoms with van der Waals surface area (Å²) in [6.45, 7) is 6.50. The minimum absolute atomic E-state index is 0.111. The number of thiazole rings is 1. The van der Waals surface area contributed by atoms with Crippen molar-refractivity contribution in [2.24, 2.45) is 5.10 Å². The first kappa shape index (κ1) is 20.0. The zero-order chi connectivity index (χ0) is 21.1. The van der Waals surface area contributed by atoms with Gasteiger partial charge in [-0.1, -0.05) is 41.7 Å². The quantitative estimate of drug-likeness (QED) is 0.607. The van der Waals surface area contributed by atoms with Gasteiger partial charge in [-0.25, -0.2) is 9.66 Å². The second-order valence-electron chi connectivity index (χ2n) is 6.99. The Hall–Kier alpha value is -3.28. The first-order chi connectivity index (χ1) is 14.6. The highest BCUT2D eigenvalue weighted by atomic mass is 32.1. The van der Waals surface area contributed by atoms with Crippen LogP contribution in [0.1, 0.15) is 21.7 Å². The number of benzene rings is 1. The number of hydrogen-bond donors (Lipinski definition) is 0. The maximum absolute atomic E-state index is 12.7. The van der Waals surface area contributed by atoms with E-state index in [4.69, 9.17) is 9.72 Å². The number of rotatable bonds is 4. The summed E-state index contributed by atoms with van der Waals surface area (Å²) in [6, 6.07) is 13.7.